The molecule has 0 saturated heterocycles. The SMILES string of the molecule is CCCCCCCCCCCCCCCCCCN(CCCCCCCCCCCCCCCCCC)C(=O)CCSCC(CC(CC(CC(CCC(=O)NCC[NH3+])C(=O)NCC[NH3+])C(=O)NCC[NH3+])C(=O)NCC[NH3+])C(=O)NCC[NH3+].O=C([O-])C(F)(F)F.O=C([O-])C(F)(F)F.O=C([O-])C(F)(F)F.O=C([O-])C(F)(F)F.O=C([O-])C(F)(F)F. The fourth-order valence-electron chi connectivity index (χ4n) is 10.9. The number of carboxylic acids is 5. The summed E-state index contributed by atoms with van der Waals surface area (Å²) in [7, 11) is 0. The van der Waals surface area contributed by atoms with E-state index in [2.05, 4.69) is 74.0 Å². The van der Waals surface area contributed by atoms with Gasteiger partial charge in [0.2, 0.25) is 35.4 Å². The Balaban J connectivity index is -0.000000718. The molecule has 0 bridgehead atoms. The van der Waals surface area contributed by atoms with E-state index in [1.165, 1.54) is 180 Å². The largest absolute Gasteiger partial charge is 0.542 e. The average Bonchev–Trinajstić information content (AvgIpc) is 0.851. The van der Waals surface area contributed by atoms with E-state index in [0.29, 0.717) is 83.4 Å². The number of thioether (sulfide) groups is 1. The molecule has 0 radical (unpaired) electrons. The van der Waals surface area contributed by atoms with Gasteiger partial charge in [0.1, 0.15) is 29.8 Å². The van der Waals surface area contributed by atoms with Crippen LogP contribution >= 0.6 is 11.8 Å². The molecule has 0 rings (SSSR count). The number of hydrogen-bond acceptors (Lipinski definition) is 17. The van der Waals surface area contributed by atoms with E-state index in [9.17, 15) is 94.6 Å². The van der Waals surface area contributed by atoms with Crippen LogP contribution in [0.1, 0.15) is 258 Å². The molecule has 0 aromatic heterocycles. The highest BCUT2D eigenvalue weighted by molar-refractivity contribution is 7.99. The predicted octanol–water partition coefficient (Wildman–Crippen LogP) is 2.16. The topological polar surface area (TPSA) is 505 Å². The molecule has 43 heteroatoms. The lowest BCUT2D eigenvalue weighted by atomic mass is 9.80. The molecular formula is C74H134F15N11O16S. The van der Waals surface area contributed by atoms with E-state index in [1.54, 1.807) is 11.8 Å². The average molecular weight is 1750 g/mol. The Labute approximate surface area is 681 Å². The van der Waals surface area contributed by atoms with E-state index < -0.39 is 84.4 Å². The molecule has 0 fully saturated rings. The number of halogens is 15. The van der Waals surface area contributed by atoms with Gasteiger partial charge in [-0.15, -0.1) is 0 Å². The van der Waals surface area contributed by atoms with Crippen LogP contribution in [0.15, 0.2) is 0 Å². The van der Waals surface area contributed by atoms with Crippen LogP contribution < -0.4 is 80.8 Å². The molecule has 117 heavy (non-hydrogen) atoms. The highest BCUT2D eigenvalue weighted by atomic mass is 32.2. The van der Waals surface area contributed by atoms with Gasteiger partial charge in [0, 0.05) is 61.1 Å². The van der Waals surface area contributed by atoms with Crippen molar-refractivity contribution >= 4 is 77.1 Å². The minimum Gasteiger partial charge on any atom is -0.542 e. The fraction of sp³-hybridized carbons (Fsp3) is 0.851. The molecule has 0 aliphatic heterocycles. The van der Waals surface area contributed by atoms with Crippen molar-refractivity contribution in [2.24, 2.45) is 23.7 Å². The monoisotopic (exact) mass is 1750 g/mol. The second-order valence-corrected chi connectivity index (χ2v) is 28.7. The van der Waals surface area contributed by atoms with Crippen molar-refractivity contribution in [1.82, 2.24) is 31.5 Å². The highest BCUT2D eigenvalue weighted by Crippen LogP contribution is 2.30. The van der Waals surface area contributed by atoms with Gasteiger partial charge in [-0.2, -0.15) is 77.6 Å². The van der Waals surface area contributed by atoms with Gasteiger partial charge in [0.25, 0.3) is 0 Å². The highest BCUT2D eigenvalue weighted by Gasteiger charge is 2.36. The molecule has 0 aromatic rings. The smallest absolute Gasteiger partial charge is 0.430 e. The summed E-state index contributed by atoms with van der Waals surface area (Å²) in [6.45, 7) is 10.4. The summed E-state index contributed by atoms with van der Waals surface area (Å²) in [4.78, 5) is 128. The first-order valence-corrected chi connectivity index (χ1v) is 41.5. The van der Waals surface area contributed by atoms with Crippen molar-refractivity contribution in [1.29, 1.82) is 0 Å². The number of nitrogens with one attached hydrogen (secondary N) is 5. The summed E-state index contributed by atoms with van der Waals surface area (Å²) < 4.78 is 158. The summed E-state index contributed by atoms with van der Waals surface area (Å²) in [6, 6.07) is 0. The van der Waals surface area contributed by atoms with E-state index in [4.69, 9.17) is 49.5 Å². The van der Waals surface area contributed by atoms with Crippen LogP contribution in [0.3, 0.4) is 0 Å². The van der Waals surface area contributed by atoms with Crippen molar-refractivity contribution in [2.75, 3.05) is 90.0 Å². The summed E-state index contributed by atoms with van der Waals surface area (Å²) in [5, 5.41) is 58.6. The van der Waals surface area contributed by atoms with E-state index in [1.807, 2.05) is 0 Å². The summed E-state index contributed by atoms with van der Waals surface area (Å²) >= 11 is 1.56. The summed E-state index contributed by atoms with van der Waals surface area (Å²) in [5.41, 5.74) is 19.3. The maximum atomic E-state index is 14.1. The second-order valence-electron chi connectivity index (χ2n) is 27.6. The Morgan fingerprint density at radius 3 is 0.752 bits per heavy atom. The molecule has 27 nitrogen and oxygen atoms in total. The molecule has 0 aliphatic carbocycles. The Kier molecular flexibility index (Phi) is 79.3. The third-order valence-corrected chi connectivity index (χ3v) is 18.3. The van der Waals surface area contributed by atoms with Gasteiger partial charge in [-0.3, -0.25) is 28.8 Å². The second kappa shape index (κ2) is 76.7. The number of unbranched alkanes of at least 4 members (excludes halogenated alkanes) is 30. The maximum Gasteiger partial charge on any atom is 0.430 e. The van der Waals surface area contributed by atoms with E-state index >= 15 is 0 Å². The van der Waals surface area contributed by atoms with Gasteiger partial charge in [0.05, 0.1) is 65.4 Å². The molecule has 0 spiro atoms. The first-order valence-electron chi connectivity index (χ1n) is 40.3. The lowest BCUT2D eigenvalue weighted by Crippen LogP contribution is -2.56. The van der Waals surface area contributed by atoms with Crippen LogP contribution in [0.25, 0.3) is 0 Å². The number of alkyl halides is 15. The first kappa shape index (κ1) is 121. The molecule has 20 N–H and O–H groups in total. The Morgan fingerprint density at radius 2 is 0.513 bits per heavy atom. The number of rotatable bonds is 62. The van der Waals surface area contributed by atoms with Crippen molar-refractivity contribution in [3.8, 4) is 0 Å². The molecule has 0 aromatic carbocycles. The number of carboxylic acid groups (broad SMARTS) is 5. The third-order valence-electron chi connectivity index (χ3n) is 17.2. The van der Waals surface area contributed by atoms with Crippen LogP contribution in [-0.2, 0) is 52.7 Å². The van der Waals surface area contributed by atoms with Crippen molar-refractivity contribution in [3.63, 3.8) is 0 Å². The normalized spacial score (nSPS) is 12.4. The van der Waals surface area contributed by atoms with Gasteiger partial charge in [-0.1, -0.05) is 206 Å². The van der Waals surface area contributed by atoms with Crippen molar-refractivity contribution in [3.05, 3.63) is 0 Å². The molecular weight excluding hydrogens is 1620 g/mol. The van der Waals surface area contributed by atoms with Gasteiger partial charge in [-0.25, -0.2) is 0 Å². The van der Waals surface area contributed by atoms with E-state index in [0.717, 1.165) is 38.8 Å². The van der Waals surface area contributed by atoms with Crippen LogP contribution in [-0.4, -0.2) is 191 Å². The Hall–Kier alpha value is -6.73. The molecule has 692 valence electrons. The molecule has 4 unspecified atom stereocenters. The van der Waals surface area contributed by atoms with Crippen LogP contribution in [0.2, 0.25) is 0 Å². The number of hydrogen-bond donors (Lipinski definition) is 10. The maximum absolute atomic E-state index is 14.1. The predicted molar refractivity (Wildman–Crippen MR) is 394 cm³/mol. The minimum atomic E-state index is -5.19. The number of aliphatic carboxylic acids is 5. The van der Waals surface area contributed by atoms with Gasteiger partial charge < -0.3 is 110 Å². The number of carbonyl (C=O) groups is 11. The van der Waals surface area contributed by atoms with Crippen molar-refractivity contribution < 1.29 is 173 Å². The van der Waals surface area contributed by atoms with Crippen molar-refractivity contribution in [2.45, 2.75) is 289 Å². The zero-order chi connectivity index (χ0) is 90.7. The molecule has 6 amide bonds. The molecule has 0 heterocycles. The third kappa shape index (κ3) is 82.7. The fourth-order valence-corrected chi connectivity index (χ4v) is 12.0. The van der Waals surface area contributed by atoms with Crippen LogP contribution in [0, 0.1) is 23.7 Å². The zero-order valence-corrected chi connectivity index (χ0v) is 69.0. The standard InChI is InChI=1S/C64H129N11O6S.5C2HF3O2/c1-3-5-7-9-11-13-15-17-19-21-23-25-27-29-31-33-48-75(49-34-32-30-28-26-24-22-20-18-16-14-12-10-8-6-4-2)60(77)37-50-82-54-58(64(81)74-47-42-69)53-57(63(80)73-46-41-68)52-56(62(79)72-45-40-67)51-55(61(78)71-44-39-66)35-36-59(76)70-43-38-65;5*3-2(4,5)1(6)7/h55-58H,3-54,65-69H2,1-2H3,(H,70,76)(H,71,78)(H,72,79)(H,73,80)(H,74,81);5*(H,6,7). The van der Waals surface area contributed by atoms with Gasteiger partial charge >= 0.3 is 30.9 Å². The molecule has 0 saturated carbocycles. The van der Waals surface area contributed by atoms with E-state index in [-0.39, 0.29) is 67.5 Å². The Bertz CT molecular complexity index is 2420. The van der Waals surface area contributed by atoms with Crippen LogP contribution in [0.4, 0.5) is 65.9 Å². The number of amides is 6. The summed E-state index contributed by atoms with van der Waals surface area (Å²) in [6.07, 6.45) is 17.1. The first-order chi connectivity index (χ1) is 54.7. The van der Waals surface area contributed by atoms with Crippen LogP contribution in [0.5, 0.6) is 0 Å². The zero-order valence-electron chi connectivity index (χ0n) is 68.2. The number of nitrogens with zero attached hydrogens (tertiary/aromatic N) is 1. The Morgan fingerprint density at radius 1 is 0.308 bits per heavy atom. The molecule has 4 atom stereocenters. The minimum absolute atomic E-state index is 0.0915. The lowest BCUT2D eigenvalue weighted by molar-refractivity contribution is -0.365. The van der Waals surface area contributed by atoms with Gasteiger partial charge in [-0.05, 0) is 38.5 Å². The molecule has 0 aliphatic rings. The lowest BCUT2D eigenvalue weighted by Gasteiger charge is -2.28. The number of quaternary nitrogens is 5. The van der Waals surface area contributed by atoms with Gasteiger partial charge in [0.15, 0.2) is 0 Å². The summed E-state index contributed by atoms with van der Waals surface area (Å²) in [5.74, 6) is -18.0. The quantitative estimate of drug-likeness (QED) is 0.0308. The number of carbonyl (C=O) groups excluding carboxylic acids is 11.